The first kappa shape index (κ1) is 14.1. The van der Waals surface area contributed by atoms with Gasteiger partial charge in [0.2, 0.25) is 0 Å². The van der Waals surface area contributed by atoms with Gasteiger partial charge in [0, 0.05) is 19.0 Å². The van der Waals surface area contributed by atoms with E-state index in [9.17, 15) is 9.18 Å². The molecule has 1 aliphatic rings. The zero-order valence-corrected chi connectivity index (χ0v) is 11.4. The predicted molar refractivity (Wildman–Crippen MR) is 72.6 cm³/mol. The van der Waals surface area contributed by atoms with E-state index in [2.05, 4.69) is 16.8 Å². The molecule has 0 saturated carbocycles. The summed E-state index contributed by atoms with van der Waals surface area (Å²) in [6.07, 6.45) is 6.56. The highest BCUT2D eigenvalue weighted by Crippen LogP contribution is 2.16. The van der Waals surface area contributed by atoms with Crippen LogP contribution >= 0.6 is 0 Å². The molecule has 1 aromatic heterocycles. The number of carbonyl (C=O) groups is 1. The normalized spacial score (nSPS) is 21.1. The minimum Gasteiger partial charge on any atom is -0.300 e. The lowest BCUT2D eigenvalue weighted by Gasteiger charge is -2.26. The first-order chi connectivity index (χ1) is 9.16. The molecule has 1 fully saturated rings. The highest BCUT2D eigenvalue weighted by molar-refractivity contribution is 5.94. The number of carbonyl (C=O) groups excluding carboxylic acids is 1. The fraction of sp³-hybridized carbons (Fsp3) is 0.600. The highest BCUT2D eigenvalue weighted by atomic mass is 19.1. The monoisotopic (exact) mass is 264 g/mol. The van der Waals surface area contributed by atoms with Crippen molar-refractivity contribution in [3.63, 3.8) is 0 Å². The van der Waals surface area contributed by atoms with E-state index in [1.165, 1.54) is 37.8 Å². The van der Waals surface area contributed by atoms with E-state index in [0.717, 1.165) is 19.3 Å². The van der Waals surface area contributed by atoms with Gasteiger partial charge in [-0.05, 0) is 38.4 Å². The van der Waals surface area contributed by atoms with Gasteiger partial charge in [-0.25, -0.2) is 4.39 Å². The lowest BCUT2D eigenvalue weighted by molar-refractivity contribution is 0.0949. The zero-order valence-electron chi connectivity index (χ0n) is 11.4. The molecule has 0 N–H and O–H groups in total. The minimum atomic E-state index is -0.405. The van der Waals surface area contributed by atoms with Crippen molar-refractivity contribution in [2.75, 3.05) is 13.1 Å². The molecule has 0 aromatic carbocycles. The van der Waals surface area contributed by atoms with Gasteiger partial charge in [0.15, 0.2) is 5.78 Å². The fourth-order valence-electron chi connectivity index (χ4n) is 2.58. The number of hydrogen-bond donors (Lipinski definition) is 0. The summed E-state index contributed by atoms with van der Waals surface area (Å²) in [5, 5.41) is 0. The number of rotatable bonds is 4. The molecule has 1 atom stereocenters. The van der Waals surface area contributed by atoms with E-state index in [-0.39, 0.29) is 5.78 Å². The van der Waals surface area contributed by atoms with Crippen molar-refractivity contribution in [2.24, 2.45) is 0 Å². The molecule has 1 unspecified atom stereocenters. The first-order valence-corrected chi connectivity index (χ1v) is 7.05. The van der Waals surface area contributed by atoms with E-state index in [1.807, 2.05) is 0 Å². The molecule has 0 aliphatic carbocycles. The summed E-state index contributed by atoms with van der Waals surface area (Å²) in [5.74, 6) is -0.408. The van der Waals surface area contributed by atoms with Crippen LogP contribution in [0.3, 0.4) is 0 Å². The SMILES string of the molecule is CC1CCCCCN1CCC(=O)c1ccc(F)cn1. The van der Waals surface area contributed by atoms with Gasteiger partial charge in [-0.3, -0.25) is 9.78 Å². The average Bonchev–Trinajstić information content (AvgIpc) is 2.61. The summed E-state index contributed by atoms with van der Waals surface area (Å²) in [6.45, 7) is 4.08. The number of hydrogen-bond acceptors (Lipinski definition) is 3. The topological polar surface area (TPSA) is 33.2 Å². The van der Waals surface area contributed by atoms with Gasteiger partial charge in [0.05, 0.1) is 6.20 Å². The Bertz CT molecular complexity index is 419. The third kappa shape index (κ3) is 4.10. The number of halogens is 1. The predicted octanol–water partition coefficient (Wildman–Crippen LogP) is 3.06. The van der Waals surface area contributed by atoms with Crippen LogP contribution in [0.4, 0.5) is 4.39 Å². The standard InChI is InChI=1S/C15H21FN2O/c1-12-5-3-2-4-9-18(12)10-8-15(19)14-7-6-13(16)11-17-14/h6-7,11-12H,2-5,8-10H2,1H3. The minimum absolute atomic E-state index is 0.00329. The summed E-state index contributed by atoms with van der Waals surface area (Å²) in [7, 11) is 0. The Morgan fingerprint density at radius 2 is 2.26 bits per heavy atom. The molecule has 0 spiro atoms. The maximum atomic E-state index is 12.7. The number of nitrogens with zero attached hydrogens (tertiary/aromatic N) is 2. The van der Waals surface area contributed by atoms with Crippen LogP contribution in [0.15, 0.2) is 18.3 Å². The molecule has 1 aliphatic heterocycles. The van der Waals surface area contributed by atoms with Crippen LogP contribution in [0.2, 0.25) is 0 Å². The molecule has 104 valence electrons. The van der Waals surface area contributed by atoms with Crippen LogP contribution in [0.25, 0.3) is 0 Å². The van der Waals surface area contributed by atoms with Gasteiger partial charge in [0.25, 0.3) is 0 Å². The van der Waals surface area contributed by atoms with E-state index in [0.29, 0.717) is 18.2 Å². The Kier molecular flexibility index (Phi) is 5.02. The Balaban J connectivity index is 1.87. The molecule has 1 aromatic rings. The second-order valence-electron chi connectivity index (χ2n) is 5.27. The maximum Gasteiger partial charge on any atom is 0.182 e. The van der Waals surface area contributed by atoms with Crippen molar-refractivity contribution in [3.8, 4) is 0 Å². The summed E-state index contributed by atoms with van der Waals surface area (Å²) in [5.41, 5.74) is 0.365. The van der Waals surface area contributed by atoms with Gasteiger partial charge in [0.1, 0.15) is 11.5 Å². The van der Waals surface area contributed by atoms with Crippen molar-refractivity contribution >= 4 is 5.78 Å². The van der Waals surface area contributed by atoms with Crippen LogP contribution < -0.4 is 0 Å². The second-order valence-corrected chi connectivity index (χ2v) is 5.27. The highest BCUT2D eigenvalue weighted by Gasteiger charge is 2.18. The van der Waals surface area contributed by atoms with Gasteiger partial charge in [-0.15, -0.1) is 0 Å². The van der Waals surface area contributed by atoms with E-state index in [4.69, 9.17) is 0 Å². The molecule has 4 heteroatoms. The van der Waals surface area contributed by atoms with Crippen molar-refractivity contribution in [3.05, 3.63) is 29.8 Å². The number of ketones is 1. The Labute approximate surface area is 113 Å². The molecule has 19 heavy (non-hydrogen) atoms. The van der Waals surface area contributed by atoms with E-state index in [1.54, 1.807) is 0 Å². The summed E-state index contributed by atoms with van der Waals surface area (Å²) < 4.78 is 12.7. The van der Waals surface area contributed by atoms with Gasteiger partial charge < -0.3 is 4.90 Å². The van der Waals surface area contributed by atoms with Crippen LogP contribution in [0.1, 0.15) is 49.5 Å². The lowest BCUT2D eigenvalue weighted by Crippen LogP contribution is -2.34. The van der Waals surface area contributed by atoms with Gasteiger partial charge in [-0.2, -0.15) is 0 Å². The van der Waals surface area contributed by atoms with Crippen molar-refractivity contribution in [1.82, 2.24) is 9.88 Å². The number of pyridine rings is 1. The first-order valence-electron chi connectivity index (χ1n) is 7.05. The quantitative estimate of drug-likeness (QED) is 0.784. The van der Waals surface area contributed by atoms with Crippen LogP contribution in [-0.2, 0) is 0 Å². The summed E-state index contributed by atoms with van der Waals surface area (Å²) in [4.78, 5) is 18.2. The third-order valence-corrected chi connectivity index (χ3v) is 3.83. The van der Waals surface area contributed by atoms with Crippen LogP contribution in [0.5, 0.6) is 0 Å². The van der Waals surface area contributed by atoms with E-state index < -0.39 is 5.82 Å². The molecule has 2 heterocycles. The third-order valence-electron chi connectivity index (χ3n) is 3.83. The number of Topliss-reactive ketones (excluding diaryl/α,β-unsaturated/α-hetero) is 1. The smallest absolute Gasteiger partial charge is 0.182 e. The van der Waals surface area contributed by atoms with Crippen molar-refractivity contribution < 1.29 is 9.18 Å². The summed E-state index contributed by atoms with van der Waals surface area (Å²) in [6, 6.07) is 3.30. The van der Waals surface area contributed by atoms with E-state index >= 15 is 0 Å². The van der Waals surface area contributed by atoms with Gasteiger partial charge in [-0.1, -0.05) is 12.8 Å². The average molecular weight is 264 g/mol. The van der Waals surface area contributed by atoms with Gasteiger partial charge >= 0.3 is 0 Å². The van der Waals surface area contributed by atoms with Crippen LogP contribution in [-0.4, -0.2) is 34.8 Å². The fourth-order valence-corrected chi connectivity index (χ4v) is 2.58. The molecular formula is C15H21FN2O. The summed E-state index contributed by atoms with van der Waals surface area (Å²) >= 11 is 0. The van der Waals surface area contributed by atoms with Crippen molar-refractivity contribution in [1.29, 1.82) is 0 Å². The number of likely N-dealkylation sites (tertiary alicyclic amines) is 1. The Morgan fingerprint density at radius 3 is 3.00 bits per heavy atom. The largest absolute Gasteiger partial charge is 0.300 e. The zero-order chi connectivity index (χ0) is 13.7. The molecule has 2 rings (SSSR count). The molecule has 0 radical (unpaired) electrons. The van der Waals surface area contributed by atoms with Crippen LogP contribution in [0, 0.1) is 5.82 Å². The molecule has 3 nitrogen and oxygen atoms in total. The Hall–Kier alpha value is -1.29. The van der Waals surface area contributed by atoms with Crippen molar-refractivity contribution in [2.45, 2.75) is 45.1 Å². The second kappa shape index (κ2) is 6.75. The molecule has 0 bridgehead atoms. The molecular weight excluding hydrogens is 243 g/mol. The molecule has 1 saturated heterocycles. The lowest BCUT2D eigenvalue weighted by atomic mass is 10.1. The maximum absolute atomic E-state index is 12.7. The molecule has 0 amide bonds. The number of aromatic nitrogens is 1. The Morgan fingerprint density at radius 1 is 1.42 bits per heavy atom.